The van der Waals surface area contributed by atoms with Crippen LogP contribution in [0.5, 0.6) is 0 Å². The number of aldehydes is 1. The first kappa shape index (κ1) is 13.7. The van der Waals surface area contributed by atoms with Crippen LogP contribution in [0.3, 0.4) is 0 Å². The highest BCUT2D eigenvalue weighted by molar-refractivity contribution is 9.10. The lowest BCUT2D eigenvalue weighted by atomic mass is 10.0. The molecule has 0 fully saturated rings. The van der Waals surface area contributed by atoms with Crippen LogP contribution in [0.25, 0.3) is 11.1 Å². The van der Waals surface area contributed by atoms with E-state index in [9.17, 15) is 4.79 Å². The Hall–Kier alpha value is -0.770. The largest absolute Gasteiger partial charge is 0.298 e. The van der Waals surface area contributed by atoms with Crippen molar-refractivity contribution in [2.24, 2.45) is 0 Å². The molecule has 4 heteroatoms. The summed E-state index contributed by atoms with van der Waals surface area (Å²) in [5, 5.41) is 0.707. The highest BCUT2D eigenvalue weighted by Crippen LogP contribution is 2.40. The zero-order valence-corrected chi connectivity index (χ0v) is 12.8. The Morgan fingerprint density at radius 2 is 1.89 bits per heavy atom. The van der Waals surface area contributed by atoms with Gasteiger partial charge in [0.15, 0.2) is 6.29 Å². The Kier molecular flexibility index (Phi) is 4.49. The van der Waals surface area contributed by atoms with Gasteiger partial charge in [-0.3, -0.25) is 4.79 Å². The summed E-state index contributed by atoms with van der Waals surface area (Å²) in [7, 11) is 0. The van der Waals surface area contributed by atoms with Gasteiger partial charge in [0.25, 0.3) is 0 Å². The fourth-order valence-electron chi connectivity index (χ4n) is 1.75. The Balaban J connectivity index is 2.69. The molecule has 0 atom stereocenters. The second-order valence-corrected chi connectivity index (χ2v) is 5.66. The van der Waals surface area contributed by atoms with Crippen molar-refractivity contribution in [1.82, 2.24) is 0 Å². The molecule has 0 saturated carbocycles. The van der Waals surface area contributed by atoms with Crippen molar-refractivity contribution in [2.75, 3.05) is 6.26 Å². The van der Waals surface area contributed by atoms with Crippen LogP contribution in [-0.2, 0) is 0 Å². The molecule has 2 aromatic rings. The van der Waals surface area contributed by atoms with Crippen LogP contribution in [0, 0.1) is 0 Å². The van der Waals surface area contributed by atoms with E-state index >= 15 is 0 Å². The predicted octanol–water partition coefficient (Wildman–Crippen LogP) is 5.30. The summed E-state index contributed by atoms with van der Waals surface area (Å²) in [5.74, 6) is 0. The summed E-state index contributed by atoms with van der Waals surface area (Å²) < 4.78 is 0.822. The van der Waals surface area contributed by atoms with Gasteiger partial charge in [-0.25, -0.2) is 0 Å². The molecule has 18 heavy (non-hydrogen) atoms. The quantitative estimate of drug-likeness (QED) is 0.556. The number of carbonyl (C=O) groups is 1. The van der Waals surface area contributed by atoms with Gasteiger partial charge < -0.3 is 0 Å². The average molecular weight is 342 g/mol. The molecule has 0 heterocycles. The van der Waals surface area contributed by atoms with Crippen LogP contribution in [0.15, 0.2) is 45.8 Å². The van der Waals surface area contributed by atoms with E-state index in [0.717, 1.165) is 26.8 Å². The summed E-state index contributed by atoms with van der Waals surface area (Å²) in [6.07, 6.45) is 2.83. The van der Waals surface area contributed by atoms with E-state index in [-0.39, 0.29) is 0 Å². The Morgan fingerprint density at radius 1 is 1.17 bits per heavy atom. The van der Waals surface area contributed by atoms with Gasteiger partial charge in [-0.1, -0.05) is 35.9 Å². The summed E-state index contributed by atoms with van der Waals surface area (Å²) in [4.78, 5) is 12.0. The van der Waals surface area contributed by atoms with Gasteiger partial charge in [-0.2, -0.15) is 0 Å². The van der Waals surface area contributed by atoms with Crippen LogP contribution in [0.1, 0.15) is 10.4 Å². The number of hydrogen-bond donors (Lipinski definition) is 0. The van der Waals surface area contributed by atoms with Gasteiger partial charge in [0.05, 0.1) is 0 Å². The lowest BCUT2D eigenvalue weighted by Gasteiger charge is -2.12. The number of halogens is 2. The summed E-state index contributed by atoms with van der Waals surface area (Å²) >= 11 is 11.3. The second kappa shape index (κ2) is 5.91. The molecule has 92 valence electrons. The maximum absolute atomic E-state index is 10.9. The van der Waals surface area contributed by atoms with Gasteiger partial charge in [-0.15, -0.1) is 11.8 Å². The standard InChI is InChI=1S/C14H10BrClOS/c1-18-14-11(7-6-9(8-17)13(14)15)10-4-2-3-5-12(10)16/h2-8H,1H3. The smallest absolute Gasteiger partial charge is 0.151 e. The first-order valence-corrected chi connectivity index (χ1v) is 7.65. The van der Waals surface area contributed by atoms with Crippen molar-refractivity contribution in [2.45, 2.75) is 4.90 Å². The topological polar surface area (TPSA) is 17.1 Å². The Bertz CT molecular complexity index is 598. The maximum atomic E-state index is 10.9. The fourth-order valence-corrected chi connectivity index (χ4v) is 3.61. The number of rotatable bonds is 3. The van der Waals surface area contributed by atoms with E-state index in [0.29, 0.717) is 10.6 Å². The highest BCUT2D eigenvalue weighted by Gasteiger charge is 2.13. The van der Waals surface area contributed by atoms with Crippen molar-refractivity contribution >= 4 is 45.6 Å². The Labute approximate surface area is 124 Å². The van der Waals surface area contributed by atoms with Gasteiger partial charge in [0.2, 0.25) is 0 Å². The number of carbonyl (C=O) groups excluding carboxylic acids is 1. The van der Waals surface area contributed by atoms with Crippen LogP contribution >= 0.6 is 39.3 Å². The third-order valence-corrected chi connectivity index (χ3v) is 4.90. The van der Waals surface area contributed by atoms with E-state index in [2.05, 4.69) is 15.9 Å². The number of benzene rings is 2. The SMILES string of the molecule is CSc1c(-c2ccccc2Cl)ccc(C=O)c1Br. The molecule has 2 aromatic carbocycles. The molecule has 0 amide bonds. The molecule has 0 aliphatic rings. The minimum absolute atomic E-state index is 0.648. The third kappa shape index (κ3) is 2.48. The molecule has 0 N–H and O–H groups in total. The molecule has 0 radical (unpaired) electrons. The van der Waals surface area contributed by atoms with E-state index in [1.54, 1.807) is 17.8 Å². The molecule has 0 unspecified atom stereocenters. The highest BCUT2D eigenvalue weighted by atomic mass is 79.9. The molecular weight excluding hydrogens is 332 g/mol. The van der Waals surface area contributed by atoms with Crippen molar-refractivity contribution in [3.05, 3.63) is 51.5 Å². The lowest BCUT2D eigenvalue weighted by molar-refractivity contribution is 0.112. The number of thioether (sulfide) groups is 1. The molecule has 0 aliphatic carbocycles. The van der Waals surface area contributed by atoms with E-state index in [4.69, 9.17) is 11.6 Å². The minimum Gasteiger partial charge on any atom is -0.298 e. The minimum atomic E-state index is 0.648. The van der Waals surface area contributed by atoms with Crippen molar-refractivity contribution in [1.29, 1.82) is 0 Å². The monoisotopic (exact) mass is 340 g/mol. The van der Waals surface area contributed by atoms with Crippen LogP contribution in [-0.4, -0.2) is 12.5 Å². The molecule has 0 aliphatic heterocycles. The Morgan fingerprint density at radius 3 is 2.50 bits per heavy atom. The maximum Gasteiger partial charge on any atom is 0.151 e. The average Bonchev–Trinajstić information content (AvgIpc) is 2.39. The molecule has 0 spiro atoms. The first-order chi connectivity index (χ1) is 8.69. The zero-order valence-electron chi connectivity index (χ0n) is 9.61. The van der Waals surface area contributed by atoms with Crippen LogP contribution in [0.2, 0.25) is 5.02 Å². The summed E-state index contributed by atoms with van der Waals surface area (Å²) in [5.41, 5.74) is 2.65. The molecule has 0 bridgehead atoms. The summed E-state index contributed by atoms with van der Waals surface area (Å²) in [6, 6.07) is 11.4. The van der Waals surface area contributed by atoms with Gasteiger partial charge in [-0.05, 0) is 39.9 Å². The lowest BCUT2D eigenvalue weighted by Crippen LogP contribution is -1.90. The second-order valence-electron chi connectivity index (χ2n) is 3.65. The van der Waals surface area contributed by atoms with Crippen LogP contribution in [0.4, 0.5) is 0 Å². The molecular formula is C14H10BrClOS. The van der Waals surface area contributed by atoms with Crippen molar-refractivity contribution in [3.63, 3.8) is 0 Å². The van der Waals surface area contributed by atoms with E-state index < -0.39 is 0 Å². The fraction of sp³-hybridized carbons (Fsp3) is 0.0714. The predicted molar refractivity (Wildman–Crippen MR) is 81.8 cm³/mol. The first-order valence-electron chi connectivity index (χ1n) is 5.25. The molecule has 0 saturated heterocycles. The van der Waals surface area contributed by atoms with Gasteiger partial charge in [0.1, 0.15) is 0 Å². The summed E-state index contributed by atoms with van der Waals surface area (Å²) in [6.45, 7) is 0. The van der Waals surface area contributed by atoms with E-state index in [1.807, 2.05) is 36.6 Å². The van der Waals surface area contributed by atoms with Crippen molar-refractivity contribution in [3.8, 4) is 11.1 Å². The van der Waals surface area contributed by atoms with Gasteiger partial charge in [0, 0.05) is 25.5 Å². The molecule has 2 rings (SSSR count). The molecule has 1 nitrogen and oxygen atoms in total. The van der Waals surface area contributed by atoms with Gasteiger partial charge >= 0.3 is 0 Å². The third-order valence-electron chi connectivity index (χ3n) is 2.62. The van der Waals surface area contributed by atoms with E-state index in [1.165, 1.54) is 0 Å². The zero-order chi connectivity index (χ0) is 13.1. The molecule has 0 aromatic heterocycles. The van der Waals surface area contributed by atoms with Crippen LogP contribution < -0.4 is 0 Å². The van der Waals surface area contributed by atoms with Crippen molar-refractivity contribution < 1.29 is 4.79 Å². The normalized spacial score (nSPS) is 10.4. The number of hydrogen-bond acceptors (Lipinski definition) is 2.